The van der Waals surface area contributed by atoms with E-state index in [4.69, 9.17) is 10.8 Å². The molecule has 0 radical (unpaired) electrons. The number of amidine groups is 1. The summed E-state index contributed by atoms with van der Waals surface area (Å²) in [4.78, 5) is 18.2. The van der Waals surface area contributed by atoms with Gasteiger partial charge in [-0.25, -0.2) is 13.9 Å². The number of imidazole rings is 1. The summed E-state index contributed by atoms with van der Waals surface area (Å²) in [7, 11) is 0. The minimum atomic E-state index is -0.867. The van der Waals surface area contributed by atoms with Crippen LogP contribution in [0.2, 0.25) is 0 Å². The fourth-order valence-corrected chi connectivity index (χ4v) is 2.49. The van der Waals surface area contributed by atoms with Gasteiger partial charge in [-0.15, -0.1) is 5.10 Å². The summed E-state index contributed by atoms with van der Waals surface area (Å²) in [5, 5.41) is 21.2. The van der Waals surface area contributed by atoms with E-state index in [9.17, 15) is 9.18 Å². The Labute approximate surface area is 137 Å². The van der Waals surface area contributed by atoms with Crippen molar-refractivity contribution in [2.75, 3.05) is 18.0 Å². The van der Waals surface area contributed by atoms with Crippen LogP contribution in [0.4, 0.5) is 10.2 Å². The van der Waals surface area contributed by atoms with Crippen LogP contribution in [0.3, 0.4) is 0 Å². The van der Waals surface area contributed by atoms with Crippen LogP contribution in [0.1, 0.15) is 16.9 Å². The van der Waals surface area contributed by atoms with Gasteiger partial charge in [-0.2, -0.15) is 0 Å². The molecule has 0 spiro atoms. The highest BCUT2D eigenvalue weighted by Crippen LogP contribution is 2.20. The normalized spacial score (nSPS) is 17.5. The molecular formula is C15H16FN7O. The van der Waals surface area contributed by atoms with Gasteiger partial charge in [0.2, 0.25) is 0 Å². The van der Waals surface area contributed by atoms with Crippen LogP contribution in [-0.2, 0) is 0 Å². The Kier molecular flexibility index (Phi) is 4.32. The van der Waals surface area contributed by atoms with E-state index in [-0.39, 0.29) is 18.1 Å². The molecule has 1 saturated heterocycles. The first-order chi connectivity index (χ1) is 11.6. The molecule has 1 aliphatic rings. The summed E-state index contributed by atoms with van der Waals surface area (Å²) in [6.07, 6.45) is 4.60. The van der Waals surface area contributed by atoms with Crippen molar-refractivity contribution in [1.29, 1.82) is 10.8 Å². The molecule has 1 atom stereocenters. The first-order valence-electron chi connectivity index (χ1n) is 7.39. The maximum atomic E-state index is 13.4. The highest BCUT2D eigenvalue weighted by Gasteiger charge is 2.24. The molecule has 0 aliphatic carbocycles. The highest BCUT2D eigenvalue weighted by molar-refractivity contribution is 6.09. The van der Waals surface area contributed by atoms with Crippen molar-refractivity contribution < 1.29 is 9.18 Å². The summed E-state index contributed by atoms with van der Waals surface area (Å²) in [5.74, 6) is -0.0977. The van der Waals surface area contributed by atoms with E-state index in [2.05, 4.69) is 15.4 Å². The van der Waals surface area contributed by atoms with Crippen LogP contribution in [0.5, 0.6) is 0 Å². The maximum absolute atomic E-state index is 13.4. The number of nitrogens with zero attached hydrogens (tertiary/aromatic N) is 4. The molecule has 24 heavy (non-hydrogen) atoms. The topological polar surface area (TPSA) is 110 Å². The van der Waals surface area contributed by atoms with E-state index < -0.39 is 12.1 Å². The van der Waals surface area contributed by atoms with Gasteiger partial charge in [-0.1, -0.05) is 0 Å². The van der Waals surface area contributed by atoms with Crippen molar-refractivity contribution in [2.24, 2.45) is 0 Å². The smallest absolute Gasteiger partial charge is 0.277 e. The fraction of sp³-hybridized carbons (Fsp3) is 0.267. The van der Waals surface area contributed by atoms with Gasteiger partial charge >= 0.3 is 0 Å². The summed E-state index contributed by atoms with van der Waals surface area (Å²) >= 11 is 0. The molecule has 9 heteroatoms. The molecule has 0 aromatic carbocycles. The van der Waals surface area contributed by atoms with E-state index in [1.807, 2.05) is 4.90 Å². The second-order valence-corrected chi connectivity index (χ2v) is 5.33. The number of aromatic nitrogens is 3. The lowest BCUT2D eigenvalue weighted by atomic mass is 10.3. The minimum Gasteiger partial charge on any atom is -0.352 e. The summed E-state index contributed by atoms with van der Waals surface area (Å²) in [6, 6.07) is 3.46. The van der Waals surface area contributed by atoms with Crippen LogP contribution in [0.25, 0.3) is 5.65 Å². The van der Waals surface area contributed by atoms with Crippen LogP contribution >= 0.6 is 0 Å². The average molecular weight is 329 g/mol. The summed E-state index contributed by atoms with van der Waals surface area (Å²) < 4.78 is 14.7. The van der Waals surface area contributed by atoms with Crippen molar-refractivity contribution in [2.45, 2.75) is 12.6 Å². The zero-order valence-corrected chi connectivity index (χ0v) is 12.7. The van der Waals surface area contributed by atoms with Gasteiger partial charge in [0.15, 0.2) is 11.3 Å². The quantitative estimate of drug-likeness (QED) is 0.578. The van der Waals surface area contributed by atoms with Crippen LogP contribution in [-0.4, -0.2) is 51.8 Å². The van der Waals surface area contributed by atoms with Gasteiger partial charge < -0.3 is 15.6 Å². The Hall–Kier alpha value is -3.10. The number of carbonyl (C=O) groups excluding carboxylic acids is 1. The number of anilines is 1. The predicted molar refractivity (Wildman–Crippen MR) is 87.8 cm³/mol. The first-order valence-corrected chi connectivity index (χ1v) is 7.39. The number of halogens is 1. The number of hydrogen-bond acceptors (Lipinski definition) is 6. The lowest BCUT2D eigenvalue weighted by Crippen LogP contribution is -2.30. The van der Waals surface area contributed by atoms with Gasteiger partial charge in [0.25, 0.3) is 5.91 Å². The van der Waals surface area contributed by atoms with Gasteiger partial charge in [-0.05, 0) is 30.7 Å². The second-order valence-electron chi connectivity index (χ2n) is 5.33. The van der Waals surface area contributed by atoms with E-state index >= 15 is 0 Å². The second kappa shape index (κ2) is 6.57. The van der Waals surface area contributed by atoms with Crippen molar-refractivity contribution >= 4 is 29.4 Å². The molecule has 0 unspecified atom stereocenters. The highest BCUT2D eigenvalue weighted by atomic mass is 19.1. The van der Waals surface area contributed by atoms with Crippen molar-refractivity contribution in [3.05, 3.63) is 36.2 Å². The molecule has 124 valence electrons. The zero-order chi connectivity index (χ0) is 17.1. The molecular weight excluding hydrogens is 313 g/mol. The Morgan fingerprint density at radius 2 is 2.29 bits per heavy atom. The van der Waals surface area contributed by atoms with Crippen LogP contribution in [0.15, 0.2) is 30.5 Å². The van der Waals surface area contributed by atoms with E-state index in [0.29, 0.717) is 24.4 Å². The monoisotopic (exact) mass is 329 g/mol. The maximum Gasteiger partial charge on any atom is 0.277 e. The Morgan fingerprint density at radius 3 is 3.00 bits per heavy atom. The summed E-state index contributed by atoms with van der Waals surface area (Å²) in [5.41, 5.74) is 0.664. The molecule has 3 heterocycles. The van der Waals surface area contributed by atoms with Gasteiger partial charge in [-0.3, -0.25) is 10.2 Å². The summed E-state index contributed by atoms with van der Waals surface area (Å²) in [6.45, 7) is 0.864. The first kappa shape index (κ1) is 15.8. The molecule has 1 amide bonds. The third-order valence-corrected chi connectivity index (χ3v) is 3.64. The molecule has 3 N–H and O–H groups in total. The number of nitrogens with one attached hydrogen (secondary N) is 3. The lowest BCUT2D eigenvalue weighted by Gasteiger charge is -2.16. The number of amides is 1. The number of alkyl halides is 1. The Bertz CT molecular complexity index is 828. The van der Waals surface area contributed by atoms with Crippen molar-refractivity contribution in [3.8, 4) is 0 Å². The number of fused-ring (bicyclic) bond motifs is 1. The minimum absolute atomic E-state index is 0.144. The molecule has 8 nitrogen and oxygen atoms in total. The fourth-order valence-electron chi connectivity index (χ4n) is 2.49. The van der Waals surface area contributed by atoms with E-state index in [1.165, 1.54) is 22.9 Å². The number of hydrogen-bond donors (Lipinski definition) is 3. The van der Waals surface area contributed by atoms with E-state index in [1.54, 1.807) is 12.1 Å². The van der Waals surface area contributed by atoms with Gasteiger partial charge in [0, 0.05) is 12.8 Å². The largest absolute Gasteiger partial charge is 0.352 e. The molecule has 2 aromatic rings. The van der Waals surface area contributed by atoms with Gasteiger partial charge in [0.05, 0.1) is 12.7 Å². The third-order valence-electron chi connectivity index (χ3n) is 3.64. The Balaban J connectivity index is 1.85. The van der Waals surface area contributed by atoms with Crippen molar-refractivity contribution in [3.63, 3.8) is 0 Å². The van der Waals surface area contributed by atoms with Crippen LogP contribution < -0.4 is 10.2 Å². The molecule has 0 bridgehead atoms. The zero-order valence-electron chi connectivity index (χ0n) is 12.7. The average Bonchev–Trinajstić information content (AvgIpc) is 3.18. The molecule has 1 fully saturated rings. The Morgan fingerprint density at radius 1 is 1.46 bits per heavy atom. The van der Waals surface area contributed by atoms with Gasteiger partial charge in [0.1, 0.15) is 17.8 Å². The molecule has 0 saturated carbocycles. The van der Waals surface area contributed by atoms with Crippen molar-refractivity contribution in [1.82, 2.24) is 19.9 Å². The van der Waals surface area contributed by atoms with E-state index in [0.717, 1.165) is 6.21 Å². The number of rotatable bonds is 4. The van der Waals surface area contributed by atoms with Crippen LogP contribution in [0, 0.1) is 10.8 Å². The number of carbonyl (C=O) groups is 1. The molecule has 1 aliphatic heterocycles. The third kappa shape index (κ3) is 3.14. The lowest BCUT2D eigenvalue weighted by molar-refractivity contribution is 0.0970. The SMILES string of the molecule is N=C/C=C\C(=N)NC(=O)c1cnc2ccc(N3CC[C@H](F)C3)nn12. The standard InChI is InChI=1S/C15H16FN7O/c16-10-5-7-22(9-10)14-4-3-13-19-8-11(23(13)21-14)15(24)20-12(18)2-1-6-17/h1-4,6,8,10,17H,5,7,9H2,(H2,18,20,24)/b2-1-,17-6?/t10-/m0/s1. The number of allylic oxidation sites excluding steroid dienone is 1. The predicted octanol–water partition coefficient (Wildman–Crippen LogP) is 1.19. The molecule has 3 rings (SSSR count). The molecule has 2 aromatic heterocycles.